The summed E-state index contributed by atoms with van der Waals surface area (Å²) >= 11 is 1.45. The van der Waals surface area contributed by atoms with Crippen LogP contribution in [0, 0.1) is 5.82 Å². The fourth-order valence-corrected chi connectivity index (χ4v) is 2.30. The number of nitrogens with two attached hydrogens (primary N) is 1. The number of nitrogens with one attached hydrogen (secondary N) is 1. The second kappa shape index (κ2) is 5.11. The Hall–Kier alpha value is -1.66. The minimum atomic E-state index is -0.225. The van der Waals surface area contributed by atoms with Crippen molar-refractivity contribution in [2.24, 2.45) is 5.84 Å². The number of nitrogens with zero attached hydrogens (tertiary/aromatic N) is 2. The van der Waals surface area contributed by atoms with Crippen LogP contribution in [0.3, 0.4) is 0 Å². The number of benzene rings is 1. The molecule has 0 saturated heterocycles. The fourth-order valence-electron chi connectivity index (χ4n) is 1.53. The molecule has 2 aromatic rings. The highest BCUT2D eigenvalue weighted by Gasteiger charge is 2.09. The van der Waals surface area contributed by atoms with Crippen LogP contribution in [0.4, 0.5) is 15.2 Å². The summed E-state index contributed by atoms with van der Waals surface area (Å²) in [5.74, 6) is 5.03. The van der Waals surface area contributed by atoms with E-state index in [1.807, 2.05) is 18.0 Å². The van der Waals surface area contributed by atoms with Gasteiger partial charge in [0.25, 0.3) is 0 Å². The molecular formula is C11H13FN4S. The lowest BCUT2D eigenvalue weighted by molar-refractivity contribution is 0.622. The Morgan fingerprint density at radius 3 is 2.88 bits per heavy atom. The Bertz CT molecular complexity index is 500. The minimum Gasteiger partial charge on any atom is -0.367 e. The Kier molecular flexibility index (Phi) is 3.55. The maximum atomic E-state index is 13.5. The largest absolute Gasteiger partial charge is 0.367 e. The van der Waals surface area contributed by atoms with E-state index < -0.39 is 0 Å². The second-order valence-corrected chi connectivity index (χ2v) is 4.70. The number of aromatic nitrogens is 1. The number of rotatable bonds is 4. The van der Waals surface area contributed by atoms with Gasteiger partial charge in [0.2, 0.25) is 0 Å². The molecular weight excluding hydrogens is 239 g/mol. The molecule has 0 amide bonds. The van der Waals surface area contributed by atoms with Crippen molar-refractivity contribution in [1.82, 2.24) is 4.98 Å². The lowest BCUT2D eigenvalue weighted by atomic mass is 10.3. The highest BCUT2D eigenvalue weighted by molar-refractivity contribution is 7.15. The van der Waals surface area contributed by atoms with E-state index in [9.17, 15) is 4.39 Å². The molecule has 0 spiro atoms. The molecule has 6 heteroatoms. The summed E-state index contributed by atoms with van der Waals surface area (Å²) in [5, 5.41) is 0.655. The molecule has 0 bridgehead atoms. The average Bonchev–Trinajstić information content (AvgIpc) is 2.77. The van der Waals surface area contributed by atoms with Crippen LogP contribution in [0.15, 0.2) is 30.5 Å². The number of nitrogen functional groups attached to an aromatic ring is 1. The zero-order valence-corrected chi connectivity index (χ0v) is 10.2. The lowest BCUT2D eigenvalue weighted by Gasteiger charge is -2.18. The summed E-state index contributed by atoms with van der Waals surface area (Å²) in [4.78, 5) is 6.92. The zero-order valence-electron chi connectivity index (χ0n) is 9.35. The van der Waals surface area contributed by atoms with Gasteiger partial charge in [0.05, 0.1) is 12.2 Å². The van der Waals surface area contributed by atoms with Gasteiger partial charge in [-0.25, -0.2) is 15.2 Å². The van der Waals surface area contributed by atoms with Crippen molar-refractivity contribution in [3.8, 4) is 0 Å². The van der Waals surface area contributed by atoms with Crippen LogP contribution in [0.2, 0.25) is 0 Å². The lowest BCUT2D eigenvalue weighted by Crippen LogP contribution is -2.16. The number of anilines is 2. The number of hydrogen-bond donors (Lipinski definition) is 2. The van der Waals surface area contributed by atoms with Crippen molar-refractivity contribution < 1.29 is 4.39 Å². The highest BCUT2D eigenvalue weighted by atomic mass is 32.1. The second-order valence-electron chi connectivity index (χ2n) is 3.58. The van der Waals surface area contributed by atoms with Crippen LogP contribution in [-0.2, 0) is 6.54 Å². The summed E-state index contributed by atoms with van der Waals surface area (Å²) in [6, 6.07) is 6.69. The number of hydrogen-bond acceptors (Lipinski definition) is 5. The van der Waals surface area contributed by atoms with Gasteiger partial charge < -0.3 is 4.90 Å². The molecule has 0 aliphatic rings. The topological polar surface area (TPSA) is 54.2 Å². The molecule has 0 radical (unpaired) electrons. The quantitative estimate of drug-likeness (QED) is 0.647. The van der Waals surface area contributed by atoms with Gasteiger partial charge in [0.1, 0.15) is 5.82 Å². The van der Waals surface area contributed by atoms with Crippen molar-refractivity contribution >= 4 is 22.2 Å². The molecule has 0 unspecified atom stereocenters. The third-order valence-corrected chi connectivity index (χ3v) is 3.25. The summed E-state index contributed by atoms with van der Waals surface area (Å²) in [6.45, 7) is 0.598. The Morgan fingerprint density at radius 2 is 2.24 bits per heavy atom. The van der Waals surface area contributed by atoms with Crippen LogP contribution >= 0.6 is 11.3 Å². The predicted octanol–water partition coefficient (Wildman–Crippen LogP) is 2.20. The summed E-state index contributed by atoms with van der Waals surface area (Å²) < 4.78 is 13.5. The molecule has 17 heavy (non-hydrogen) atoms. The van der Waals surface area contributed by atoms with E-state index >= 15 is 0 Å². The van der Waals surface area contributed by atoms with Crippen molar-refractivity contribution in [2.45, 2.75) is 6.54 Å². The van der Waals surface area contributed by atoms with Gasteiger partial charge in [-0.2, -0.15) is 0 Å². The van der Waals surface area contributed by atoms with Crippen molar-refractivity contribution in [3.63, 3.8) is 0 Å². The summed E-state index contributed by atoms with van der Waals surface area (Å²) in [5.41, 5.74) is 3.06. The number of halogens is 1. The van der Waals surface area contributed by atoms with E-state index in [0.29, 0.717) is 17.4 Å². The fraction of sp³-hybridized carbons (Fsp3) is 0.182. The molecule has 2 rings (SSSR count). The predicted molar refractivity (Wildman–Crippen MR) is 68.4 cm³/mol. The van der Waals surface area contributed by atoms with Crippen molar-refractivity contribution in [2.75, 3.05) is 17.4 Å². The van der Waals surface area contributed by atoms with Gasteiger partial charge in [0.15, 0.2) is 5.13 Å². The highest BCUT2D eigenvalue weighted by Crippen LogP contribution is 2.23. The van der Waals surface area contributed by atoms with Crippen LogP contribution in [-0.4, -0.2) is 12.0 Å². The van der Waals surface area contributed by atoms with E-state index in [1.165, 1.54) is 17.4 Å². The van der Waals surface area contributed by atoms with Gasteiger partial charge in [-0.05, 0) is 12.1 Å². The van der Waals surface area contributed by atoms with Gasteiger partial charge in [-0.3, -0.25) is 5.43 Å². The number of thiazole rings is 1. The maximum Gasteiger partial charge on any atom is 0.197 e. The molecule has 1 aromatic carbocycles. The molecule has 0 fully saturated rings. The first-order valence-corrected chi connectivity index (χ1v) is 5.89. The number of para-hydroxylation sites is 1. The van der Waals surface area contributed by atoms with Crippen molar-refractivity contribution in [1.29, 1.82) is 0 Å². The first kappa shape index (κ1) is 11.8. The Labute approximate surface area is 103 Å². The molecule has 0 saturated carbocycles. The molecule has 1 heterocycles. The average molecular weight is 252 g/mol. The van der Waals surface area contributed by atoms with E-state index in [1.54, 1.807) is 18.3 Å². The Balaban J connectivity index is 2.11. The van der Waals surface area contributed by atoms with E-state index in [0.717, 1.165) is 4.88 Å². The van der Waals surface area contributed by atoms with Crippen LogP contribution in [0.25, 0.3) is 0 Å². The Morgan fingerprint density at radius 1 is 1.47 bits per heavy atom. The summed E-state index contributed by atoms with van der Waals surface area (Å²) in [7, 11) is 1.84. The zero-order chi connectivity index (χ0) is 12.3. The van der Waals surface area contributed by atoms with E-state index in [-0.39, 0.29) is 5.82 Å². The minimum absolute atomic E-state index is 0.225. The van der Waals surface area contributed by atoms with Gasteiger partial charge >= 0.3 is 0 Å². The number of hydrazine groups is 1. The first-order chi connectivity index (χ1) is 8.20. The molecule has 0 atom stereocenters. The van der Waals surface area contributed by atoms with Crippen LogP contribution in [0.1, 0.15) is 4.88 Å². The smallest absolute Gasteiger partial charge is 0.197 e. The van der Waals surface area contributed by atoms with Gasteiger partial charge in [-0.1, -0.05) is 23.5 Å². The van der Waals surface area contributed by atoms with Crippen LogP contribution in [0.5, 0.6) is 0 Å². The summed E-state index contributed by atoms with van der Waals surface area (Å²) in [6.07, 6.45) is 1.73. The molecule has 0 aliphatic heterocycles. The third kappa shape index (κ3) is 2.72. The monoisotopic (exact) mass is 252 g/mol. The van der Waals surface area contributed by atoms with Crippen molar-refractivity contribution in [3.05, 3.63) is 41.2 Å². The van der Waals surface area contributed by atoms with Gasteiger partial charge in [-0.15, -0.1) is 0 Å². The molecule has 0 aliphatic carbocycles. The first-order valence-electron chi connectivity index (χ1n) is 5.07. The SMILES string of the molecule is CN(Cc1cnc(NN)s1)c1ccccc1F. The van der Waals surface area contributed by atoms with E-state index in [4.69, 9.17) is 5.84 Å². The standard InChI is InChI=1S/C11H13FN4S/c1-16(10-5-3-2-4-9(10)12)7-8-6-14-11(15-13)17-8/h2-6H,7,13H2,1H3,(H,14,15). The maximum absolute atomic E-state index is 13.5. The van der Waals surface area contributed by atoms with Crippen LogP contribution < -0.4 is 16.2 Å². The molecule has 3 N–H and O–H groups in total. The normalized spacial score (nSPS) is 10.3. The van der Waals surface area contributed by atoms with Gasteiger partial charge in [0, 0.05) is 18.1 Å². The third-order valence-electron chi connectivity index (χ3n) is 2.33. The molecule has 1 aromatic heterocycles. The van der Waals surface area contributed by atoms with E-state index in [2.05, 4.69) is 10.4 Å². The molecule has 90 valence electrons. The molecule has 4 nitrogen and oxygen atoms in total.